The average molecular weight is 374 g/mol. The van der Waals surface area contributed by atoms with Crippen LogP contribution in [0.25, 0.3) is 11.1 Å². The van der Waals surface area contributed by atoms with E-state index in [9.17, 15) is 4.79 Å². The zero-order valence-electron chi connectivity index (χ0n) is 15.8. The van der Waals surface area contributed by atoms with E-state index in [2.05, 4.69) is 22.0 Å². The van der Waals surface area contributed by atoms with Gasteiger partial charge in [0.25, 0.3) is 5.91 Å². The molecule has 1 saturated heterocycles. The lowest BCUT2D eigenvalue weighted by atomic mass is 10.1. The molecule has 0 atom stereocenters. The number of hydrogen-bond acceptors (Lipinski definition) is 3. The van der Waals surface area contributed by atoms with E-state index in [0.29, 0.717) is 13.1 Å². The highest BCUT2D eigenvalue weighted by atomic mass is 16.5. The molecule has 1 aromatic heterocycles. The van der Waals surface area contributed by atoms with Gasteiger partial charge in [-0.05, 0) is 11.6 Å². The number of para-hydroxylation sites is 1. The summed E-state index contributed by atoms with van der Waals surface area (Å²) < 4.78 is 5.91. The van der Waals surface area contributed by atoms with Gasteiger partial charge in [0.2, 0.25) is 0 Å². The molecule has 2 aromatic carbocycles. The summed E-state index contributed by atoms with van der Waals surface area (Å²) in [6.07, 6.45) is 3.84. The van der Waals surface area contributed by atoms with E-state index in [0.717, 1.165) is 30.0 Å². The third kappa shape index (κ3) is 4.14. The molecular weight excluding hydrogens is 350 g/mol. The zero-order chi connectivity index (χ0) is 19.2. The van der Waals surface area contributed by atoms with E-state index in [-0.39, 0.29) is 12.5 Å². The smallest absolute Gasteiger partial charge is 0.260 e. The monoisotopic (exact) mass is 374 g/mol. The minimum absolute atomic E-state index is 0.0314. The number of benzene rings is 2. The second-order valence-corrected chi connectivity index (χ2v) is 6.78. The highest BCUT2D eigenvalue weighted by molar-refractivity contribution is 5.79. The molecule has 28 heavy (non-hydrogen) atoms. The molecule has 1 fully saturated rings. The van der Waals surface area contributed by atoms with Gasteiger partial charge in [0, 0.05) is 49.6 Å². The molecule has 1 amide bonds. The van der Waals surface area contributed by atoms with E-state index in [4.69, 9.17) is 4.74 Å². The van der Waals surface area contributed by atoms with Gasteiger partial charge in [0.05, 0.1) is 0 Å². The number of H-pyrrole nitrogens is 1. The first kappa shape index (κ1) is 18.0. The van der Waals surface area contributed by atoms with Crippen LogP contribution < -0.4 is 14.6 Å². The summed E-state index contributed by atoms with van der Waals surface area (Å²) in [7, 11) is 0. The van der Waals surface area contributed by atoms with E-state index in [1.165, 1.54) is 5.69 Å². The summed E-state index contributed by atoms with van der Waals surface area (Å²) in [6.45, 7) is 3.14. The Hall–Kier alpha value is -3.34. The Balaban J connectivity index is 1.35. The second kappa shape index (κ2) is 8.57. The number of rotatable bonds is 5. The minimum Gasteiger partial charge on any atom is -0.483 e. The van der Waals surface area contributed by atoms with Crippen molar-refractivity contribution in [3.8, 4) is 16.9 Å². The van der Waals surface area contributed by atoms with Crippen LogP contribution in [0.4, 0.5) is 5.69 Å². The summed E-state index contributed by atoms with van der Waals surface area (Å²) in [4.78, 5) is 19.9. The minimum atomic E-state index is 0.0314. The Labute approximate surface area is 165 Å². The molecule has 1 aliphatic heterocycles. The summed E-state index contributed by atoms with van der Waals surface area (Å²) in [6, 6.07) is 22.1. The average Bonchev–Trinajstić information content (AvgIpc) is 2.79. The molecule has 2 heterocycles. The zero-order valence-corrected chi connectivity index (χ0v) is 15.8. The third-order valence-electron chi connectivity index (χ3n) is 5.02. The highest BCUT2D eigenvalue weighted by Gasteiger charge is 2.22. The number of nitrogens with one attached hydrogen (secondary N) is 1. The number of aromatic nitrogens is 1. The molecule has 1 N–H and O–H groups in total. The molecule has 0 unspecified atom stereocenters. The second-order valence-electron chi connectivity index (χ2n) is 6.78. The standard InChI is InChI=1S/C23H23N3O2/c27-23(26-16-14-25(15-17-26)20-10-12-24-13-11-20)18-28-22-9-5-4-8-21(22)19-6-2-1-3-7-19/h1-13H,14-18H2/p+1. The lowest BCUT2D eigenvalue weighted by Gasteiger charge is -2.35. The van der Waals surface area contributed by atoms with Crippen molar-refractivity contribution in [3.05, 3.63) is 79.1 Å². The maximum atomic E-state index is 12.6. The maximum absolute atomic E-state index is 12.6. The van der Waals surface area contributed by atoms with Crippen LogP contribution in [0.3, 0.4) is 0 Å². The van der Waals surface area contributed by atoms with Gasteiger partial charge in [-0.2, -0.15) is 0 Å². The van der Waals surface area contributed by atoms with E-state index >= 15 is 0 Å². The van der Waals surface area contributed by atoms with Crippen molar-refractivity contribution in [1.82, 2.24) is 4.90 Å². The van der Waals surface area contributed by atoms with E-state index < -0.39 is 0 Å². The fourth-order valence-electron chi connectivity index (χ4n) is 3.48. The first-order valence-electron chi connectivity index (χ1n) is 9.57. The van der Waals surface area contributed by atoms with Crippen LogP contribution in [0, 0.1) is 0 Å². The first-order valence-corrected chi connectivity index (χ1v) is 9.57. The number of carbonyl (C=O) groups is 1. The van der Waals surface area contributed by atoms with Gasteiger partial charge in [0.15, 0.2) is 19.0 Å². The first-order chi connectivity index (χ1) is 13.8. The number of amides is 1. The van der Waals surface area contributed by atoms with Crippen molar-refractivity contribution in [2.24, 2.45) is 0 Å². The van der Waals surface area contributed by atoms with Gasteiger partial charge in [-0.1, -0.05) is 48.5 Å². The Kier molecular flexibility index (Phi) is 5.52. The van der Waals surface area contributed by atoms with Crippen molar-refractivity contribution >= 4 is 11.6 Å². The number of carbonyl (C=O) groups excluding carboxylic acids is 1. The van der Waals surface area contributed by atoms with Gasteiger partial charge in [-0.15, -0.1) is 0 Å². The van der Waals surface area contributed by atoms with Crippen LogP contribution in [-0.4, -0.2) is 43.6 Å². The molecule has 142 valence electrons. The van der Waals surface area contributed by atoms with Crippen LogP contribution in [0.5, 0.6) is 5.75 Å². The molecule has 0 radical (unpaired) electrons. The molecule has 0 saturated carbocycles. The fourth-order valence-corrected chi connectivity index (χ4v) is 3.48. The largest absolute Gasteiger partial charge is 0.483 e. The maximum Gasteiger partial charge on any atom is 0.260 e. The lowest BCUT2D eigenvalue weighted by Crippen LogP contribution is -2.50. The Morgan fingerprint density at radius 2 is 1.54 bits per heavy atom. The van der Waals surface area contributed by atoms with Crippen LogP contribution in [0.2, 0.25) is 0 Å². The van der Waals surface area contributed by atoms with Crippen molar-refractivity contribution in [3.63, 3.8) is 0 Å². The predicted octanol–water partition coefficient (Wildman–Crippen LogP) is 2.90. The number of ether oxygens (including phenoxy) is 1. The number of pyridine rings is 1. The van der Waals surface area contributed by atoms with Crippen molar-refractivity contribution in [2.75, 3.05) is 37.7 Å². The summed E-state index contributed by atoms with van der Waals surface area (Å²) in [5, 5.41) is 0. The van der Waals surface area contributed by atoms with Gasteiger partial charge in [-0.3, -0.25) is 4.79 Å². The Morgan fingerprint density at radius 1 is 0.857 bits per heavy atom. The quantitative estimate of drug-likeness (QED) is 0.690. The van der Waals surface area contributed by atoms with Gasteiger partial charge in [0.1, 0.15) is 5.75 Å². The van der Waals surface area contributed by atoms with E-state index in [1.54, 1.807) is 0 Å². The number of piperazine rings is 1. The fraction of sp³-hybridized carbons (Fsp3) is 0.217. The topological polar surface area (TPSA) is 46.9 Å². The van der Waals surface area contributed by atoms with Crippen LogP contribution in [0.1, 0.15) is 0 Å². The lowest BCUT2D eigenvalue weighted by molar-refractivity contribution is -0.377. The molecule has 0 spiro atoms. The predicted molar refractivity (Wildman–Crippen MR) is 109 cm³/mol. The van der Waals surface area contributed by atoms with Gasteiger partial charge < -0.3 is 14.5 Å². The number of nitrogens with zero attached hydrogens (tertiary/aromatic N) is 2. The number of hydrogen-bond donors (Lipinski definition) is 0. The number of aromatic amines is 1. The van der Waals surface area contributed by atoms with Crippen molar-refractivity contribution in [2.45, 2.75) is 0 Å². The molecule has 5 nitrogen and oxygen atoms in total. The summed E-state index contributed by atoms with van der Waals surface area (Å²) in [5.74, 6) is 0.769. The molecule has 5 heteroatoms. The number of anilines is 1. The van der Waals surface area contributed by atoms with Crippen LogP contribution >= 0.6 is 0 Å². The van der Waals surface area contributed by atoms with Crippen LogP contribution in [-0.2, 0) is 4.79 Å². The molecule has 3 aromatic rings. The molecule has 1 aliphatic rings. The van der Waals surface area contributed by atoms with Gasteiger partial charge in [-0.25, -0.2) is 4.98 Å². The Bertz CT molecular complexity index is 907. The highest BCUT2D eigenvalue weighted by Crippen LogP contribution is 2.29. The SMILES string of the molecule is O=C(COc1ccccc1-c1ccccc1)N1CCN(c2cc[nH+]cc2)CC1. The molecular formula is C23H24N3O2+. The normalized spacial score (nSPS) is 14.0. The molecule has 4 rings (SSSR count). The summed E-state index contributed by atoms with van der Waals surface area (Å²) >= 11 is 0. The third-order valence-corrected chi connectivity index (χ3v) is 5.02. The summed E-state index contributed by atoms with van der Waals surface area (Å²) in [5.41, 5.74) is 3.26. The molecule has 0 bridgehead atoms. The molecule has 0 aliphatic carbocycles. The van der Waals surface area contributed by atoms with Gasteiger partial charge >= 0.3 is 0 Å². The Morgan fingerprint density at radius 3 is 2.29 bits per heavy atom. The van der Waals surface area contributed by atoms with Crippen LogP contribution in [0.15, 0.2) is 79.1 Å². The van der Waals surface area contributed by atoms with E-state index in [1.807, 2.05) is 71.9 Å². The van der Waals surface area contributed by atoms with Crippen molar-refractivity contribution < 1.29 is 14.5 Å². The van der Waals surface area contributed by atoms with Crippen molar-refractivity contribution in [1.29, 1.82) is 0 Å².